The zero-order valence-corrected chi connectivity index (χ0v) is 12.2. The van der Waals surface area contributed by atoms with Crippen molar-refractivity contribution in [2.75, 3.05) is 19.6 Å². The van der Waals surface area contributed by atoms with Crippen molar-refractivity contribution in [3.05, 3.63) is 29.3 Å². The molecule has 0 saturated carbocycles. The predicted octanol–water partition coefficient (Wildman–Crippen LogP) is 0.464. The highest BCUT2D eigenvalue weighted by atomic mass is 32.2. The van der Waals surface area contributed by atoms with Gasteiger partial charge >= 0.3 is 6.03 Å². The maximum absolute atomic E-state index is 11.8. The van der Waals surface area contributed by atoms with Crippen molar-refractivity contribution >= 4 is 16.1 Å². The van der Waals surface area contributed by atoms with Gasteiger partial charge in [0, 0.05) is 19.6 Å². The SMILES string of the molecule is CCNC(=O)N1CCc2ccc(S(N)(=O)=O)cc2CC1. The third kappa shape index (κ3) is 3.29. The molecule has 1 aromatic carbocycles. The van der Waals surface area contributed by atoms with Gasteiger partial charge in [-0.3, -0.25) is 0 Å². The first kappa shape index (κ1) is 14.8. The zero-order valence-electron chi connectivity index (χ0n) is 11.4. The van der Waals surface area contributed by atoms with Crippen LogP contribution in [-0.2, 0) is 22.9 Å². The molecule has 0 saturated heterocycles. The number of nitrogens with one attached hydrogen (secondary N) is 1. The first-order valence-corrected chi connectivity index (χ1v) is 8.14. The molecule has 0 aliphatic carbocycles. The summed E-state index contributed by atoms with van der Waals surface area (Å²) in [6.07, 6.45) is 1.35. The first-order valence-electron chi connectivity index (χ1n) is 6.59. The Balaban J connectivity index is 2.19. The fourth-order valence-electron chi connectivity index (χ4n) is 2.34. The van der Waals surface area contributed by atoms with E-state index in [0.29, 0.717) is 26.1 Å². The third-order valence-electron chi connectivity index (χ3n) is 3.42. The van der Waals surface area contributed by atoms with Gasteiger partial charge in [-0.15, -0.1) is 0 Å². The second-order valence-electron chi connectivity index (χ2n) is 4.80. The van der Waals surface area contributed by atoms with Crippen LogP contribution in [0.5, 0.6) is 0 Å². The van der Waals surface area contributed by atoms with Crippen LogP contribution in [-0.4, -0.2) is 39.0 Å². The second-order valence-corrected chi connectivity index (χ2v) is 6.36. The molecule has 2 amide bonds. The quantitative estimate of drug-likeness (QED) is 0.831. The maximum atomic E-state index is 11.8. The van der Waals surface area contributed by atoms with Crippen molar-refractivity contribution in [1.29, 1.82) is 0 Å². The molecule has 6 nitrogen and oxygen atoms in total. The van der Waals surface area contributed by atoms with Crippen LogP contribution in [0, 0.1) is 0 Å². The van der Waals surface area contributed by atoms with Crippen LogP contribution in [0.2, 0.25) is 0 Å². The summed E-state index contributed by atoms with van der Waals surface area (Å²) in [5, 5.41) is 7.92. The average Bonchev–Trinajstić information content (AvgIpc) is 2.59. The number of carbonyl (C=O) groups is 1. The van der Waals surface area contributed by atoms with Crippen molar-refractivity contribution in [3.8, 4) is 0 Å². The van der Waals surface area contributed by atoms with E-state index in [4.69, 9.17) is 5.14 Å². The average molecular weight is 297 g/mol. The molecule has 1 aliphatic heterocycles. The van der Waals surface area contributed by atoms with Crippen LogP contribution in [0.4, 0.5) is 4.79 Å². The number of nitrogens with zero attached hydrogens (tertiary/aromatic N) is 1. The molecule has 1 heterocycles. The van der Waals surface area contributed by atoms with E-state index in [-0.39, 0.29) is 10.9 Å². The van der Waals surface area contributed by atoms with E-state index in [1.165, 1.54) is 6.07 Å². The molecular weight excluding hydrogens is 278 g/mol. The normalized spacial score (nSPS) is 15.4. The Kier molecular flexibility index (Phi) is 4.29. The van der Waals surface area contributed by atoms with Crippen LogP contribution in [0.25, 0.3) is 0 Å². The molecule has 1 aromatic rings. The van der Waals surface area contributed by atoms with E-state index < -0.39 is 10.0 Å². The number of sulfonamides is 1. The lowest BCUT2D eigenvalue weighted by Crippen LogP contribution is -2.41. The van der Waals surface area contributed by atoms with Gasteiger partial charge in [0.15, 0.2) is 0 Å². The molecule has 110 valence electrons. The summed E-state index contributed by atoms with van der Waals surface area (Å²) < 4.78 is 22.7. The van der Waals surface area contributed by atoms with E-state index in [1.807, 2.05) is 6.92 Å². The highest BCUT2D eigenvalue weighted by Gasteiger charge is 2.19. The smallest absolute Gasteiger partial charge is 0.317 e. The van der Waals surface area contributed by atoms with Crippen molar-refractivity contribution in [2.24, 2.45) is 5.14 Å². The number of amides is 2. The number of fused-ring (bicyclic) bond motifs is 1. The van der Waals surface area contributed by atoms with Gasteiger partial charge in [0.05, 0.1) is 4.90 Å². The van der Waals surface area contributed by atoms with Gasteiger partial charge in [-0.05, 0) is 43.0 Å². The topological polar surface area (TPSA) is 92.5 Å². The van der Waals surface area contributed by atoms with Gasteiger partial charge in [0.1, 0.15) is 0 Å². The number of nitrogens with two attached hydrogens (primary N) is 1. The van der Waals surface area contributed by atoms with Crippen LogP contribution in [0.3, 0.4) is 0 Å². The van der Waals surface area contributed by atoms with Gasteiger partial charge in [-0.1, -0.05) is 6.07 Å². The molecule has 7 heteroatoms. The minimum atomic E-state index is -3.68. The van der Waals surface area contributed by atoms with E-state index >= 15 is 0 Å². The van der Waals surface area contributed by atoms with Crippen molar-refractivity contribution in [3.63, 3.8) is 0 Å². The van der Waals surface area contributed by atoms with E-state index in [1.54, 1.807) is 17.0 Å². The van der Waals surface area contributed by atoms with Crippen molar-refractivity contribution in [2.45, 2.75) is 24.7 Å². The number of hydrogen-bond acceptors (Lipinski definition) is 3. The first-order chi connectivity index (χ1) is 9.41. The lowest BCUT2D eigenvalue weighted by Gasteiger charge is -2.20. The lowest BCUT2D eigenvalue weighted by atomic mass is 10.0. The van der Waals surface area contributed by atoms with Gasteiger partial charge < -0.3 is 10.2 Å². The highest BCUT2D eigenvalue weighted by molar-refractivity contribution is 7.89. The molecular formula is C13H19N3O3S. The lowest BCUT2D eigenvalue weighted by molar-refractivity contribution is 0.201. The summed E-state index contributed by atoms with van der Waals surface area (Å²) in [7, 11) is -3.68. The summed E-state index contributed by atoms with van der Waals surface area (Å²) in [6.45, 7) is 3.68. The van der Waals surface area contributed by atoms with Gasteiger partial charge in [0.25, 0.3) is 0 Å². The van der Waals surface area contributed by atoms with E-state index in [0.717, 1.165) is 17.5 Å². The van der Waals surface area contributed by atoms with E-state index in [9.17, 15) is 13.2 Å². The number of primary sulfonamides is 1. The fraction of sp³-hybridized carbons (Fsp3) is 0.462. The molecule has 0 radical (unpaired) electrons. The van der Waals surface area contributed by atoms with Gasteiger partial charge in [-0.2, -0.15) is 0 Å². The highest BCUT2D eigenvalue weighted by Crippen LogP contribution is 2.19. The van der Waals surface area contributed by atoms with Crippen LogP contribution in [0.1, 0.15) is 18.1 Å². The molecule has 0 aromatic heterocycles. The summed E-state index contributed by atoms with van der Waals surface area (Å²) in [6, 6.07) is 4.85. The molecule has 2 rings (SSSR count). The largest absolute Gasteiger partial charge is 0.338 e. The monoisotopic (exact) mass is 297 g/mol. The number of benzene rings is 1. The molecule has 20 heavy (non-hydrogen) atoms. The second kappa shape index (κ2) is 5.80. The van der Waals surface area contributed by atoms with E-state index in [2.05, 4.69) is 5.32 Å². The number of urea groups is 1. The van der Waals surface area contributed by atoms with Crippen molar-refractivity contribution < 1.29 is 13.2 Å². The maximum Gasteiger partial charge on any atom is 0.317 e. The molecule has 0 unspecified atom stereocenters. The third-order valence-corrected chi connectivity index (χ3v) is 4.33. The standard InChI is InChI=1S/C13H19N3O3S/c1-2-15-13(17)16-7-5-10-3-4-12(20(14,18)19)9-11(10)6-8-16/h3-4,9H,2,5-8H2,1H3,(H,15,17)(H2,14,18,19). The molecule has 0 atom stereocenters. The van der Waals surface area contributed by atoms with Crippen LogP contribution < -0.4 is 10.5 Å². The van der Waals surface area contributed by atoms with Gasteiger partial charge in [-0.25, -0.2) is 18.4 Å². The van der Waals surface area contributed by atoms with Crippen molar-refractivity contribution in [1.82, 2.24) is 10.2 Å². The Morgan fingerprint density at radius 2 is 1.95 bits per heavy atom. The van der Waals surface area contributed by atoms with Crippen LogP contribution in [0.15, 0.2) is 23.1 Å². The zero-order chi connectivity index (χ0) is 14.8. The number of hydrogen-bond donors (Lipinski definition) is 2. The Labute approximate surface area is 119 Å². The summed E-state index contributed by atoms with van der Waals surface area (Å²) in [5.74, 6) is 0. The number of carbonyl (C=O) groups excluding carboxylic acids is 1. The molecule has 0 bridgehead atoms. The Bertz CT molecular complexity index is 613. The van der Waals surface area contributed by atoms with Gasteiger partial charge in [0.2, 0.25) is 10.0 Å². The summed E-state index contributed by atoms with van der Waals surface area (Å²) in [4.78, 5) is 13.7. The van der Waals surface area contributed by atoms with Crippen LogP contribution >= 0.6 is 0 Å². The molecule has 0 spiro atoms. The Morgan fingerprint density at radius 1 is 1.30 bits per heavy atom. The fourth-order valence-corrected chi connectivity index (χ4v) is 2.91. The molecule has 1 aliphatic rings. The molecule has 3 N–H and O–H groups in total. The summed E-state index contributed by atoms with van der Waals surface area (Å²) >= 11 is 0. The molecule has 0 fully saturated rings. The number of rotatable bonds is 2. The minimum absolute atomic E-state index is 0.0769. The Hall–Kier alpha value is -1.60. The predicted molar refractivity (Wildman–Crippen MR) is 75.9 cm³/mol. The summed E-state index contributed by atoms with van der Waals surface area (Å²) in [5.41, 5.74) is 2.02. The Morgan fingerprint density at radius 3 is 2.55 bits per heavy atom. The minimum Gasteiger partial charge on any atom is -0.338 e.